The molecule has 0 spiro atoms. The molecule has 166 valence electrons. The SMILES string of the molecule is O=C(NCCCNc1ccccc1)C1CCCN(C(=O)c2ccccc2OC(F)F)C1. The fourth-order valence-electron chi connectivity index (χ4n) is 3.62. The van der Waals surface area contributed by atoms with Gasteiger partial charge in [-0.1, -0.05) is 30.3 Å². The number of carbonyl (C=O) groups is 2. The summed E-state index contributed by atoms with van der Waals surface area (Å²) in [5, 5.41) is 6.22. The lowest BCUT2D eigenvalue weighted by Gasteiger charge is -2.32. The first-order valence-electron chi connectivity index (χ1n) is 10.4. The van der Waals surface area contributed by atoms with Gasteiger partial charge in [0.05, 0.1) is 11.5 Å². The van der Waals surface area contributed by atoms with Gasteiger partial charge in [-0.2, -0.15) is 8.78 Å². The molecule has 31 heavy (non-hydrogen) atoms. The van der Waals surface area contributed by atoms with E-state index in [0.29, 0.717) is 25.9 Å². The van der Waals surface area contributed by atoms with Crippen molar-refractivity contribution in [2.24, 2.45) is 5.92 Å². The van der Waals surface area contributed by atoms with E-state index in [0.717, 1.165) is 18.7 Å². The Kier molecular flexibility index (Phi) is 8.20. The van der Waals surface area contributed by atoms with Crippen LogP contribution in [-0.4, -0.2) is 49.5 Å². The number of ether oxygens (including phenoxy) is 1. The average molecular weight is 431 g/mol. The Morgan fingerprint density at radius 3 is 2.58 bits per heavy atom. The standard InChI is InChI=1S/C23H27F2N3O3/c24-23(25)31-20-12-5-4-11-19(20)22(30)28-15-6-8-17(16-28)21(29)27-14-7-13-26-18-9-2-1-3-10-18/h1-5,9-12,17,23,26H,6-8,13-16H2,(H,27,29). The second-order valence-corrected chi connectivity index (χ2v) is 7.40. The fourth-order valence-corrected chi connectivity index (χ4v) is 3.62. The van der Waals surface area contributed by atoms with E-state index in [4.69, 9.17) is 0 Å². The molecule has 2 aromatic carbocycles. The maximum absolute atomic E-state index is 12.9. The highest BCUT2D eigenvalue weighted by Gasteiger charge is 2.30. The van der Waals surface area contributed by atoms with Crippen molar-refractivity contribution in [3.63, 3.8) is 0 Å². The molecule has 1 fully saturated rings. The highest BCUT2D eigenvalue weighted by molar-refractivity contribution is 5.97. The summed E-state index contributed by atoms with van der Waals surface area (Å²) in [5.41, 5.74) is 1.11. The van der Waals surface area contributed by atoms with Crippen molar-refractivity contribution in [2.45, 2.75) is 25.9 Å². The predicted molar refractivity (Wildman–Crippen MR) is 114 cm³/mol. The molecule has 0 aromatic heterocycles. The van der Waals surface area contributed by atoms with Crippen LogP contribution in [0.2, 0.25) is 0 Å². The van der Waals surface area contributed by atoms with E-state index in [1.165, 1.54) is 18.2 Å². The molecule has 2 aromatic rings. The summed E-state index contributed by atoms with van der Waals surface area (Å²) < 4.78 is 29.8. The van der Waals surface area contributed by atoms with Crippen LogP contribution >= 0.6 is 0 Å². The Hall–Kier alpha value is -3.16. The predicted octanol–water partition coefficient (Wildman–Crippen LogP) is 3.76. The number of nitrogens with zero attached hydrogens (tertiary/aromatic N) is 1. The van der Waals surface area contributed by atoms with Gasteiger partial charge in [0.15, 0.2) is 0 Å². The smallest absolute Gasteiger partial charge is 0.387 e. The van der Waals surface area contributed by atoms with Crippen LogP contribution in [0, 0.1) is 5.92 Å². The van der Waals surface area contributed by atoms with Crippen LogP contribution in [0.5, 0.6) is 5.75 Å². The highest BCUT2D eigenvalue weighted by Crippen LogP contribution is 2.25. The minimum absolute atomic E-state index is 0.0795. The van der Waals surface area contributed by atoms with Crippen LogP contribution in [0.15, 0.2) is 54.6 Å². The zero-order valence-electron chi connectivity index (χ0n) is 17.2. The van der Waals surface area contributed by atoms with Gasteiger partial charge in [-0.25, -0.2) is 0 Å². The van der Waals surface area contributed by atoms with E-state index in [9.17, 15) is 18.4 Å². The fraction of sp³-hybridized carbons (Fsp3) is 0.391. The van der Waals surface area contributed by atoms with Crippen LogP contribution in [0.3, 0.4) is 0 Å². The summed E-state index contributed by atoms with van der Waals surface area (Å²) in [6.45, 7) is -0.998. The van der Waals surface area contributed by atoms with Gasteiger partial charge in [0.1, 0.15) is 5.75 Å². The van der Waals surface area contributed by atoms with Crippen molar-refractivity contribution in [3.8, 4) is 5.75 Å². The molecule has 0 bridgehead atoms. The first-order chi connectivity index (χ1) is 15.0. The molecule has 1 saturated heterocycles. The topological polar surface area (TPSA) is 70.7 Å². The molecule has 1 aliphatic rings. The van der Waals surface area contributed by atoms with Gasteiger partial charge in [0, 0.05) is 31.9 Å². The van der Waals surface area contributed by atoms with E-state index in [-0.39, 0.29) is 29.7 Å². The van der Waals surface area contributed by atoms with Crippen LogP contribution in [0.1, 0.15) is 29.6 Å². The minimum Gasteiger partial charge on any atom is -0.434 e. The van der Waals surface area contributed by atoms with Gasteiger partial charge in [0.25, 0.3) is 5.91 Å². The van der Waals surface area contributed by atoms with Gasteiger partial charge < -0.3 is 20.3 Å². The molecule has 0 radical (unpaired) electrons. The molecule has 2 N–H and O–H groups in total. The van der Waals surface area contributed by atoms with Crippen molar-refractivity contribution in [1.29, 1.82) is 0 Å². The number of para-hydroxylation sites is 2. The molecule has 1 unspecified atom stereocenters. The first kappa shape index (κ1) is 22.5. The van der Waals surface area contributed by atoms with E-state index < -0.39 is 12.5 Å². The summed E-state index contributed by atoms with van der Waals surface area (Å²) in [6.07, 6.45) is 2.14. The number of carbonyl (C=O) groups excluding carboxylic acids is 2. The Bertz CT molecular complexity index is 864. The molecule has 8 heteroatoms. The van der Waals surface area contributed by atoms with Crippen molar-refractivity contribution in [1.82, 2.24) is 10.2 Å². The molecule has 1 heterocycles. The van der Waals surface area contributed by atoms with Crippen LogP contribution in [0.25, 0.3) is 0 Å². The second kappa shape index (κ2) is 11.3. The largest absolute Gasteiger partial charge is 0.434 e. The number of benzene rings is 2. The Labute approximate surface area is 180 Å². The molecule has 0 saturated carbocycles. The van der Waals surface area contributed by atoms with Gasteiger partial charge in [-0.05, 0) is 43.5 Å². The molecular weight excluding hydrogens is 404 g/mol. The lowest BCUT2D eigenvalue weighted by molar-refractivity contribution is -0.126. The summed E-state index contributed by atoms with van der Waals surface area (Å²) in [6, 6.07) is 15.8. The Morgan fingerprint density at radius 2 is 1.81 bits per heavy atom. The zero-order valence-corrected chi connectivity index (χ0v) is 17.2. The van der Waals surface area contributed by atoms with E-state index in [1.807, 2.05) is 30.3 Å². The van der Waals surface area contributed by atoms with Crippen molar-refractivity contribution < 1.29 is 23.1 Å². The lowest BCUT2D eigenvalue weighted by atomic mass is 9.96. The Morgan fingerprint density at radius 1 is 1.06 bits per heavy atom. The average Bonchev–Trinajstić information content (AvgIpc) is 2.79. The third-order valence-electron chi connectivity index (χ3n) is 5.17. The number of nitrogens with one attached hydrogen (secondary N) is 2. The number of hydrogen-bond acceptors (Lipinski definition) is 4. The number of hydrogen-bond donors (Lipinski definition) is 2. The molecule has 2 amide bonds. The van der Waals surface area contributed by atoms with Crippen LogP contribution in [-0.2, 0) is 4.79 Å². The molecular formula is C23H27F2N3O3. The molecule has 1 atom stereocenters. The second-order valence-electron chi connectivity index (χ2n) is 7.40. The maximum atomic E-state index is 12.9. The number of rotatable bonds is 9. The summed E-state index contributed by atoms with van der Waals surface area (Å²) in [4.78, 5) is 27.0. The van der Waals surface area contributed by atoms with Crippen molar-refractivity contribution in [3.05, 3.63) is 60.2 Å². The molecule has 1 aliphatic heterocycles. The van der Waals surface area contributed by atoms with Crippen LogP contribution < -0.4 is 15.4 Å². The van der Waals surface area contributed by atoms with Gasteiger partial charge in [-0.15, -0.1) is 0 Å². The summed E-state index contributed by atoms with van der Waals surface area (Å²) in [5.74, 6) is -0.960. The van der Waals surface area contributed by atoms with E-state index in [1.54, 1.807) is 11.0 Å². The third kappa shape index (κ3) is 6.67. The number of anilines is 1. The van der Waals surface area contributed by atoms with Crippen molar-refractivity contribution in [2.75, 3.05) is 31.5 Å². The minimum atomic E-state index is -3.01. The first-order valence-corrected chi connectivity index (χ1v) is 10.4. The normalized spacial score (nSPS) is 16.1. The zero-order chi connectivity index (χ0) is 22.1. The monoisotopic (exact) mass is 431 g/mol. The van der Waals surface area contributed by atoms with Crippen LogP contribution in [0.4, 0.5) is 14.5 Å². The lowest BCUT2D eigenvalue weighted by Crippen LogP contribution is -2.45. The summed E-state index contributed by atoms with van der Waals surface area (Å²) in [7, 11) is 0. The Balaban J connectivity index is 1.47. The van der Waals surface area contributed by atoms with Crippen molar-refractivity contribution >= 4 is 17.5 Å². The van der Waals surface area contributed by atoms with Gasteiger partial charge in [-0.3, -0.25) is 9.59 Å². The number of piperidine rings is 1. The van der Waals surface area contributed by atoms with Gasteiger partial charge in [0.2, 0.25) is 5.91 Å². The number of likely N-dealkylation sites (tertiary alicyclic amines) is 1. The van der Waals surface area contributed by atoms with E-state index >= 15 is 0 Å². The maximum Gasteiger partial charge on any atom is 0.387 e. The quantitative estimate of drug-likeness (QED) is 0.593. The summed E-state index contributed by atoms with van der Waals surface area (Å²) >= 11 is 0. The van der Waals surface area contributed by atoms with Gasteiger partial charge >= 0.3 is 6.61 Å². The number of halogens is 2. The van der Waals surface area contributed by atoms with E-state index in [2.05, 4.69) is 15.4 Å². The highest BCUT2D eigenvalue weighted by atomic mass is 19.3. The number of alkyl halides is 2. The molecule has 6 nitrogen and oxygen atoms in total. The number of amides is 2. The molecule has 0 aliphatic carbocycles. The molecule has 3 rings (SSSR count). The third-order valence-corrected chi connectivity index (χ3v) is 5.17.